The number of amides is 2. The van der Waals surface area contributed by atoms with Gasteiger partial charge in [0.1, 0.15) is 18.5 Å². The van der Waals surface area contributed by atoms with E-state index in [2.05, 4.69) is 4.90 Å². The van der Waals surface area contributed by atoms with Gasteiger partial charge in [-0.1, -0.05) is 24.3 Å². The van der Waals surface area contributed by atoms with Gasteiger partial charge >= 0.3 is 0 Å². The number of hydrogen-bond acceptors (Lipinski definition) is 5. The molecule has 0 saturated carbocycles. The second kappa shape index (κ2) is 7.68. The van der Waals surface area contributed by atoms with Crippen LogP contribution in [0, 0.1) is 0 Å². The molecule has 0 saturated heterocycles. The van der Waals surface area contributed by atoms with Crippen LogP contribution in [0.4, 0.5) is 0 Å². The van der Waals surface area contributed by atoms with Crippen molar-refractivity contribution in [3.05, 3.63) is 65.2 Å². The van der Waals surface area contributed by atoms with E-state index in [-0.39, 0.29) is 25.0 Å². The summed E-state index contributed by atoms with van der Waals surface area (Å²) in [6, 6.07) is 14.3. The van der Waals surface area contributed by atoms with E-state index in [1.54, 1.807) is 24.3 Å². The smallest absolute Gasteiger partial charge is 0.261 e. The molecule has 0 aromatic heterocycles. The van der Waals surface area contributed by atoms with E-state index in [9.17, 15) is 14.7 Å². The Kier molecular flexibility index (Phi) is 5.35. The minimum atomic E-state index is -0.963. The molecule has 1 unspecified atom stereocenters. The number of ether oxygens (including phenoxy) is 1. The molecule has 0 bridgehead atoms. The van der Waals surface area contributed by atoms with E-state index in [4.69, 9.17) is 4.74 Å². The molecule has 6 heteroatoms. The van der Waals surface area contributed by atoms with Crippen LogP contribution in [0.15, 0.2) is 48.5 Å². The van der Waals surface area contributed by atoms with Crippen LogP contribution in [0.1, 0.15) is 26.3 Å². The largest absolute Gasteiger partial charge is 0.491 e. The summed E-state index contributed by atoms with van der Waals surface area (Å²) in [4.78, 5) is 27.7. The topological polar surface area (TPSA) is 70.1 Å². The first-order valence-corrected chi connectivity index (χ1v) is 8.45. The number of carbonyl (C=O) groups is 2. The SMILES string of the molecule is CN(C)Cc1cccc(OCC(O)CN2C(=O)c3ccccc3C2=O)c1. The van der Waals surface area contributed by atoms with Gasteiger partial charge in [-0.2, -0.15) is 0 Å². The minimum Gasteiger partial charge on any atom is -0.491 e. The second-order valence-corrected chi connectivity index (χ2v) is 6.62. The number of fused-ring (bicyclic) bond motifs is 1. The number of aliphatic hydroxyl groups excluding tert-OH is 1. The Morgan fingerprint density at radius 1 is 1.04 bits per heavy atom. The third kappa shape index (κ3) is 3.92. The molecule has 26 heavy (non-hydrogen) atoms. The van der Waals surface area contributed by atoms with Crippen molar-refractivity contribution >= 4 is 11.8 Å². The molecule has 1 atom stereocenters. The van der Waals surface area contributed by atoms with Crippen molar-refractivity contribution in [2.45, 2.75) is 12.6 Å². The van der Waals surface area contributed by atoms with Gasteiger partial charge in [-0.25, -0.2) is 0 Å². The van der Waals surface area contributed by atoms with Crippen LogP contribution in [-0.4, -0.2) is 60.1 Å². The number of β-amino-alcohol motifs (C(OH)–C–C–N with tert-alkyl or cyclic N) is 1. The van der Waals surface area contributed by atoms with E-state index in [1.165, 1.54) is 0 Å². The first-order chi connectivity index (χ1) is 12.5. The lowest BCUT2D eigenvalue weighted by Crippen LogP contribution is -2.39. The summed E-state index contributed by atoms with van der Waals surface area (Å²) < 4.78 is 5.63. The maximum Gasteiger partial charge on any atom is 0.261 e. The molecule has 0 aliphatic carbocycles. The predicted octanol–water partition coefficient (Wildman–Crippen LogP) is 1.78. The van der Waals surface area contributed by atoms with Gasteiger partial charge in [-0.05, 0) is 43.9 Å². The van der Waals surface area contributed by atoms with Crippen molar-refractivity contribution in [3.8, 4) is 5.75 Å². The first-order valence-electron chi connectivity index (χ1n) is 8.45. The third-order valence-electron chi connectivity index (χ3n) is 4.11. The molecule has 1 heterocycles. The summed E-state index contributed by atoms with van der Waals surface area (Å²) in [6.07, 6.45) is -0.963. The molecule has 0 fully saturated rings. The summed E-state index contributed by atoms with van der Waals surface area (Å²) in [6.45, 7) is 0.692. The lowest BCUT2D eigenvalue weighted by molar-refractivity contribution is 0.0456. The average molecular weight is 354 g/mol. The van der Waals surface area contributed by atoms with Gasteiger partial charge in [0.05, 0.1) is 17.7 Å². The Morgan fingerprint density at radius 2 is 1.69 bits per heavy atom. The van der Waals surface area contributed by atoms with Crippen molar-refractivity contribution in [2.75, 3.05) is 27.2 Å². The van der Waals surface area contributed by atoms with E-state index in [0.717, 1.165) is 17.0 Å². The van der Waals surface area contributed by atoms with E-state index in [1.807, 2.05) is 38.4 Å². The van der Waals surface area contributed by atoms with Crippen LogP contribution < -0.4 is 4.74 Å². The molecule has 1 N–H and O–H groups in total. The lowest BCUT2D eigenvalue weighted by Gasteiger charge is -2.19. The fourth-order valence-electron chi connectivity index (χ4n) is 2.96. The molecule has 0 radical (unpaired) electrons. The summed E-state index contributed by atoms with van der Waals surface area (Å²) >= 11 is 0. The van der Waals surface area contributed by atoms with Gasteiger partial charge in [0, 0.05) is 6.54 Å². The second-order valence-electron chi connectivity index (χ2n) is 6.62. The van der Waals surface area contributed by atoms with Crippen LogP contribution in [0.3, 0.4) is 0 Å². The predicted molar refractivity (Wildman–Crippen MR) is 97.1 cm³/mol. The number of nitrogens with zero attached hydrogens (tertiary/aromatic N) is 2. The number of benzene rings is 2. The molecular weight excluding hydrogens is 332 g/mol. The number of hydrogen-bond donors (Lipinski definition) is 1. The summed E-state index contributed by atoms with van der Waals surface area (Å²) in [7, 11) is 3.97. The molecule has 0 spiro atoms. The van der Waals surface area contributed by atoms with Gasteiger partial charge in [-0.3, -0.25) is 14.5 Å². The molecule has 6 nitrogen and oxygen atoms in total. The van der Waals surface area contributed by atoms with E-state index >= 15 is 0 Å². The highest BCUT2D eigenvalue weighted by Crippen LogP contribution is 2.22. The zero-order valence-corrected chi connectivity index (χ0v) is 14.9. The van der Waals surface area contributed by atoms with Gasteiger partial charge in [-0.15, -0.1) is 0 Å². The fourth-order valence-corrected chi connectivity index (χ4v) is 2.96. The van der Waals surface area contributed by atoms with Crippen molar-refractivity contribution in [1.29, 1.82) is 0 Å². The Morgan fingerprint density at radius 3 is 2.31 bits per heavy atom. The molecule has 1 aliphatic rings. The van der Waals surface area contributed by atoms with E-state index in [0.29, 0.717) is 16.9 Å². The zero-order chi connectivity index (χ0) is 18.7. The standard InChI is InChI=1S/C20H22N2O4/c1-21(2)11-14-6-5-7-16(10-14)26-13-15(23)12-22-19(24)17-8-3-4-9-18(17)20(22)25/h3-10,15,23H,11-13H2,1-2H3. The molecule has 136 valence electrons. The fraction of sp³-hybridized carbons (Fsp3) is 0.300. The van der Waals surface area contributed by atoms with Gasteiger partial charge in [0.2, 0.25) is 0 Å². The van der Waals surface area contributed by atoms with Crippen LogP contribution >= 0.6 is 0 Å². The molecule has 2 aromatic rings. The minimum absolute atomic E-state index is 0.00117. The first kappa shape index (κ1) is 18.1. The van der Waals surface area contributed by atoms with Crippen molar-refractivity contribution in [3.63, 3.8) is 0 Å². The molecule has 2 aromatic carbocycles. The Hall–Kier alpha value is -2.70. The average Bonchev–Trinajstić information content (AvgIpc) is 2.85. The van der Waals surface area contributed by atoms with Crippen molar-refractivity contribution in [2.24, 2.45) is 0 Å². The Bertz CT molecular complexity index is 784. The van der Waals surface area contributed by atoms with Crippen LogP contribution in [0.5, 0.6) is 5.75 Å². The number of imide groups is 1. The van der Waals surface area contributed by atoms with Crippen molar-refractivity contribution < 1.29 is 19.4 Å². The Balaban J connectivity index is 1.58. The molecular formula is C20H22N2O4. The molecule has 2 amide bonds. The monoisotopic (exact) mass is 354 g/mol. The maximum atomic E-state index is 12.3. The van der Waals surface area contributed by atoms with Crippen LogP contribution in [0.2, 0.25) is 0 Å². The summed E-state index contributed by atoms with van der Waals surface area (Å²) in [5.41, 5.74) is 1.85. The van der Waals surface area contributed by atoms with Gasteiger partial charge < -0.3 is 14.7 Å². The molecule has 1 aliphatic heterocycles. The number of rotatable bonds is 7. The van der Waals surface area contributed by atoms with Crippen molar-refractivity contribution in [1.82, 2.24) is 9.80 Å². The highest BCUT2D eigenvalue weighted by atomic mass is 16.5. The normalized spacial score (nSPS) is 14.7. The van der Waals surface area contributed by atoms with Gasteiger partial charge in [0.25, 0.3) is 11.8 Å². The van der Waals surface area contributed by atoms with Gasteiger partial charge in [0.15, 0.2) is 0 Å². The zero-order valence-electron chi connectivity index (χ0n) is 14.9. The lowest BCUT2D eigenvalue weighted by atomic mass is 10.1. The van der Waals surface area contributed by atoms with Crippen LogP contribution in [0.25, 0.3) is 0 Å². The number of aliphatic hydroxyl groups is 1. The molecule has 3 rings (SSSR count). The highest BCUT2D eigenvalue weighted by molar-refractivity contribution is 6.21. The summed E-state index contributed by atoms with van der Waals surface area (Å²) in [5, 5.41) is 10.2. The maximum absolute atomic E-state index is 12.3. The third-order valence-corrected chi connectivity index (χ3v) is 4.11. The number of carbonyl (C=O) groups excluding carboxylic acids is 2. The Labute approximate surface area is 152 Å². The highest BCUT2D eigenvalue weighted by Gasteiger charge is 2.36. The van der Waals surface area contributed by atoms with E-state index < -0.39 is 6.10 Å². The summed E-state index contributed by atoms with van der Waals surface area (Å²) in [5.74, 6) is -0.110. The quantitative estimate of drug-likeness (QED) is 0.768. The van der Waals surface area contributed by atoms with Crippen LogP contribution in [-0.2, 0) is 6.54 Å².